The van der Waals surface area contributed by atoms with Crippen molar-refractivity contribution < 1.29 is 9.90 Å². The minimum absolute atomic E-state index is 0.281. The van der Waals surface area contributed by atoms with Gasteiger partial charge in [-0.25, -0.2) is 4.79 Å². The van der Waals surface area contributed by atoms with E-state index in [1.165, 1.54) is 24.8 Å². The van der Waals surface area contributed by atoms with Gasteiger partial charge in [0.1, 0.15) is 0 Å². The van der Waals surface area contributed by atoms with Crippen molar-refractivity contribution in [1.82, 2.24) is 4.98 Å². The lowest BCUT2D eigenvalue weighted by Crippen LogP contribution is -1.99. The highest BCUT2D eigenvalue weighted by atomic mass is 16.4. The Kier molecular flexibility index (Phi) is 7.15. The van der Waals surface area contributed by atoms with E-state index in [2.05, 4.69) is 18.0 Å². The number of aromatic nitrogens is 1. The third kappa shape index (κ3) is 5.42. The molecule has 3 nitrogen and oxygen atoms in total. The molecule has 0 spiro atoms. The number of hydrogen-bond donors (Lipinski definition) is 1. The fourth-order valence-corrected chi connectivity index (χ4v) is 2.63. The summed E-state index contributed by atoms with van der Waals surface area (Å²) in [5.41, 5.74) is 4.12. The summed E-state index contributed by atoms with van der Waals surface area (Å²) in [6, 6.07) is 11.7. The van der Waals surface area contributed by atoms with Gasteiger partial charge in [0.15, 0.2) is 0 Å². The molecule has 3 heteroatoms. The number of carbonyl (C=O) groups is 1. The number of pyridine rings is 1. The van der Waals surface area contributed by atoms with Crippen molar-refractivity contribution in [2.75, 3.05) is 0 Å². The third-order valence-corrected chi connectivity index (χ3v) is 4.07. The first-order chi connectivity index (χ1) is 12.2. The quantitative estimate of drug-likeness (QED) is 0.392. The molecule has 1 aromatic heterocycles. The normalized spacial score (nSPS) is 11.8. The van der Waals surface area contributed by atoms with Crippen LogP contribution in [0.1, 0.15) is 44.2 Å². The topological polar surface area (TPSA) is 50.2 Å². The van der Waals surface area contributed by atoms with Crippen LogP contribution in [-0.4, -0.2) is 16.1 Å². The van der Waals surface area contributed by atoms with Crippen LogP contribution in [-0.2, 0) is 11.2 Å². The summed E-state index contributed by atoms with van der Waals surface area (Å²) in [4.78, 5) is 15.9. The van der Waals surface area contributed by atoms with Gasteiger partial charge in [0.25, 0.3) is 0 Å². The first-order valence-corrected chi connectivity index (χ1v) is 8.77. The molecule has 1 aromatic carbocycles. The standard InChI is InChI=1S/C22H25NO2/c1-3-5-7-8-17-10-15-21(23-16-17)19-13-11-18(12-14-19)20(22(24)25)9-6-4-2/h4,6,9-16H,3,5,7-8H2,1-2H3,(H,24,25). The molecule has 0 fully saturated rings. The Labute approximate surface area is 149 Å². The van der Waals surface area contributed by atoms with Gasteiger partial charge < -0.3 is 5.11 Å². The summed E-state index contributed by atoms with van der Waals surface area (Å²) in [5.74, 6) is -0.930. The molecule has 1 heterocycles. The zero-order valence-corrected chi connectivity index (χ0v) is 14.9. The molecule has 0 unspecified atom stereocenters. The van der Waals surface area contributed by atoms with Crippen LogP contribution in [0.2, 0.25) is 0 Å². The van der Waals surface area contributed by atoms with E-state index in [1.807, 2.05) is 49.5 Å². The number of hydrogen-bond acceptors (Lipinski definition) is 2. The molecule has 0 radical (unpaired) electrons. The second-order valence-electron chi connectivity index (χ2n) is 6.00. The summed E-state index contributed by atoms with van der Waals surface area (Å²) in [5, 5.41) is 9.34. The molecular weight excluding hydrogens is 310 g/mol. The second-order valence-corrected chi connectivity index (χ2v) is 6.00. The van der Waals surface area contributed by atoms with Crippen molar-refractivity contribution in [1.29, 1.82) is 0 Å². The highest BCUT2D eigenvalue weighted by Gasteiger charge is 2.09. The minimum Gasteiger partial charge on any atom is -0.478 e. The Bertz CT molecular complexity index is 741. The summed E-state index contributed by atoms with van der Waals surface area (Å²) in [7, 11) is 0. The summed E-state index contributed by atoms with van der Waals surface area (Å²) >= 11 is 0. The fourth-order valence-electron chi connectivity index (χ4n) is 2.63. The minimum atomic E-state index is -0.930. The maximum atomic E-state index is 11.4. The molecule has 0 amide bonds. The number of allylic oxidation sites excluding steroid dienone is 3. The highest BCUT2D eigenvalue weighted by molar-refractivity contribution is 6.15. The average molecular weight is 335 g/mol. The Balaban J connectivity index is 2.15. The van der Waals surface area contributed by atoms with Gasteiger partial charge in [0.05, 0.1) is 11.3 Å². The van der Waals surface area contributed by atoms with Gasteiger partial charge in [-0.1, -0.05) is 62.2 Å². The lowest BCUT2D eigenvalue weighted by molar-refractivity contribution is -0.130. The van der Waals surface area contributed by atoms with Crippen LogP contribution < -0.4 is 0 Å². The van der Waals surface area contributed by atoms with Gasteiger partial charge in [-0.2, -0.15) is 0 Å². The predicted octanol–water partition coefficient (Wildman–Crippen LogP) is 5.53. The number of nitrogens with zero attached hydrogens (tertiary/aromatic N) is 1. The lowest BCUT2D eigenvalue weighted by Gasteiger charge is -2.06. The number of unbranched alkanes of at least 4 members (excludes halogenated alkanes) is 2. The Hall–Kier alpha value is -2.68. The van der Waals surface area contributed by atoms with Crippen LogP contribution in [0, 0.1) is 0 Å². The zero-order valence-electron chi connectivity index (χ0n) is 14.9. The van der Waals surface area contributed by atoms with Crippen molar-refractivity contribution in [3.05, 3.63) is 72.0 Å². The molecule has 2 aromatic rings. The number of carboxylic acid groups (broad SMARTS) is 1. The molecule has 0 bridgehead atoms. The number of aliphatic carboxylic acids is 1. The monoisotopic (exact) mass is 335 g/mol. The Morgan fingerprint density at radius 3 is 2.44 bits per heavy atom. The van der Waals surface area contributed by atoms with Gasteiger partial charge in [-0.05, 0) is 43.0 Å². The van der Waals surface area contributed by atoms with Crippen LogP contribution >= 0.6 is 0 Å². The molecular formula is C22H25NO2. The predicted molar refractivity (Wildman–Crippen MR) is 103 cm³/mol. The second kappa shape index (κ2) is 9.58. The summed E-state index contributed by atoms with van der Waals surface area (Å²) in [6.45, 7) is 4.06. The number of benzene rings is 1. The molecule has 0 atom stereocenters. The summed E-state index contributed by atoms with van der Waals surface area (Å²) in [6.07, 6.45) is 11.8. The molecule has 0 aliphatic rings. The van der Waals surface area contributed by atoms with E-state index in [0.29, 0.717) is 5.56 Å². The molecule has 1 N–H and O–H groups in total. The van der Waals surface area contributed by atoms with Crippen LogP contribution in [0.15, 0.2) is 60.8 Å². The third-order valence-electron chi connectivity index (χ3n) is 4.07. The molecule has 0 aliphatic heterocycles. The van der Waals surface area contributed by atoms with Crippen molar-refractivity contribution >= 4 is 11.5 Å². The smallest absolute Gasteiger partial charge is 0.336 e. The Morgan fingerprint density at radius 2 is 1.88 bits per heavy atom. The number of carboxylic acids is 1. The fraction of sp³-hybridized carbons (Fsp3) is 0.273. The van der Waals surface area contributed by atoms with E-state index in [0.717, 1.165) is 17.7 Å². The van der Waals surface area contributed by atoms with Crippen molar-refractivity contribution in [3.63, 3.8) is 0 Å². The zero-order chi connectivity index (χ0) is 18.1. The number of rotatable bonds is 8. The van der Waals surface area contributed by atoms with E-state index in [1.54, 1.807) is 12.2 Å². The molecule has 0 aliphatic carbocycles. The highest BCUT2D eigenvalue weighted by Crippen LogP contribution is 2.22. The van der Waals surface area contributed by atoms with Crippen molar-refractivity contribution in [2.45, 2.75) is 39.5 Å². The van der Waals surface area contributed by atoms with Gasteiger partial charge >= 0.3 is 5.97 Å². The lowest BCUT2D eigenvalue weighted by atomic mass is 10.0. The maximum absolute atomic E-state index is 11.4. The average Bonchev–Trinajstić information content (AvgIpc) is 2.63. The van der Waals surface area contributed by atoms with Crippen LogP contribution in [0.5, 0.6) is 0 Å². The maximum Gasteiger partial charge on any atom is 0.336 e. The number of aryl methyl sites for hydroxylation is 1. The van der Waals surface area contributed by atoms with E-state index in [-0.39, 0.29) is 5.57 Å². The van der Waals surface area contributed by atoms with E-state index >= 15 is 0 Å². The molecule has 130 valence electrons. The molecule has 0 saturated heterocycles. The molecule has 25 heavy (non-hydrogen) atoms. The Morgan fingerprint density at radius 1 is 1.12 bits per heavy atom. The van der Waals surface area contributed by atoms with Crippen molar-refractivity contribution in [3.8, 4) is 11.3 Å². The van der Waals surface area contributed by atoms with E-state index < -0.39 is 5.97 Å². The SMILES string of the molecule is CC=CC=C(C(=O)O)c1ccc(-c2ccc(CCCCC)cn2)cc1. The largest absolute Gasteiger partial charge is 0.478 e. The first-order valence-electron chi connectivity index (χ1n) is 8.77. The van der Waals surface area contributed by atoms with Gasteiger partial charge in [-0.3, -0.25) is 4.98 Å². The molecule has 2 rings (SSSR count). The van der Waals surface area contributed by atoms with Gasteiger partial charge in [0, 0.05) is 11.8 Å². The van der Waals surface area contributed by atoms with E-state index in [9.17, 15) is 9.90 Å². The van der Waals surface area contributed by atoms with Crippen LogP contribution in [0.4, 0.5) is 0 Å². The van der Waals surface area contributed by atoms with Gasteiger partial charge in [0.2, 0.25) is 0 Å². The van der Waals surface area contributed by atoms with Crippen molar-refractivity contribution in [2.24, 2.45) is 0 Å². The summed E-state index contributed by atoms with van der Waals surface area (Å²) < 4.78 is 0. The molecule has 0 saturated carbocycles. The first kappa shape index (κ1) is 18.7. The van der Waals surface area contributed by atoms with Crippen LogP contribution in [0.3, 0.4) is 0 Å². The van der Waals surface area contributed by atoms with E-state index in [4.69, 9.17) is 0 Å². The van der Waals surface area contributed by atoms with Gasteiger partial charge in [-0.15, -0.1) is 0 Å². The van der Waals surface area contributed by atoms with Crippen LogP contribution in [0.25, 0.3) is 16.8 Å².